The van der Waals surface area contributed by atoms with E-state index in [9.17, 15) is 4.79 Å². The Balaban J connectivity index is 1.72. The predicted octanol–water partition coefficient (Wildman–Crippen LogP) is 1.53. The van der Waals surface area contributed by atoms with Gasteiger partial charge < -0.3 is 14.2 Å². The third-order valence-corrected chi connectivity index (χ3v) is 3.03. The van der Waals surface area contributed by atoms with E-state index in [-0.39, 0.29) is 0 Å². The van der Waals surface area contributed by atoms with Gasteiger partial charge in [-0.2, -0.15) is 0 Å². The van der Waals surface area contributed by atoms with Crippen molar-refractivity contribution >= 4 is 11.9 Å². The molecule has 1 aromatic rings. The van der Waals surface area contributed by atoms with Gasteiger partial charge in [-0.25, -0.2) is 4.79 Å². The van der Waals surface area contributed by atoms with Gasteiger partial charge in [0.25, 0.3) is 0 Å². The van der Waals surface area contributed by atoms with Gasteiger partial charge in [0.05, 0.1) is 13.2 Å². The monoisotopic (exact) mass is 324 g/mol. The van der Waals surface area contributed by atoms with Crippen molar-refractivity contribution in [3.05, 3.63) is 12.1 Å². The van der Waals surface area contributed by atoms with E-state index in [0.717, 1.165) is 32.8 Å². The Morgan fingerprint density at radius 3 is 2.65 bits per heavy atom. The van der Waals surface area contributed by atoms with Crippen molar-refractivity contribution in [1.29, 1.82) is 0 Å². The van der Waals surface area contributed by atoms with Crippen molar-refractivity contribution in [2.24, 2.45) is 0 Å². The molecular formula is C15H24N4O4. The van der Waals surface area contributed by atoms with E-state index < -0.39 is 11.7 Å². The third kappa shape index (κ3) is 6.79. The number of hydrogen-bond donors (Lipinski definition) is 1. The molecule has 128 valence electrons. The Morgan fingerprint density at radius 1 is 1.30 bits per heavy atom. The molecule has 0 saturated carbocycles. The lowest BCUT2D eigenvalue weighted by Gasteiger charge is -2.26. The fraction of sp³-hybridized carbons (Fsp3) is 0.667. The summed E-state index contributed by atoms with van der Waals surface area (Å²) in [6.07, 6.45) is -0.562. The number of carbonyl (C=O) groups is 1. The highest BCUT2D eigenvalue weighted by molar-refractivity contribution is 5.83. The number of nitrogens with one attached hydrogen (secondary N) is 1. The Kier molecular flexibility index (Phi) is 6.12. The fourth-order valence-corrected chi connectivity index (χ4v) is 1.98. The molecule has 1 fully saturated rings. The van der Waals surface area contributed by atoms with Gasteiger partial charge >= 0.3 is 6.09 Å². The summed E-state index contributed by atoms with van der Waals surface area (Å²) in [5.41, 5.74) is -0.556. The molecule has 8 nitrogen and oxygen atoms in total. The quantitative estimate of drug-likeness (QED) is 0.879. The Bertz CT molecular complexity index is 495. The molecule has 0 atom stereocenters. The van der Waals surface area contributed by atoms with Crippen LogP contribution in [0, 0.1) is 0 Å². The van der Waals surface area contributed by atoms with Crippen LogP contribution in [0.25, 0.3) is 0 Å². The highest BCUT2D eigenvalue weighted by Gasteiger charge is 2.16. The van der Waals surface area contributed by atoms with Gasteiger partial charge in [-0.3, -0.25) is 10.2 Å². The van der Waals surface area contributed by atoms with Crippen LogP contribution in [0.2, 0.25) is 0 Å². The van der Waals surface area contributed by atoms with Crippen LogP contribution >= 0.6 is 0 Å². The minimum absolute atomic E-state index is 0.319. The van der Waals surface area contributed by atoms with Crippen molar-refractivity contribution in [2.75, 3.05) is 44.8 Å². The molecule has 23 heavy (non-hydrogen) atoms. The molecule has 8 heteroatoms. The number of hydrogen-bond acceptors (Lipinski definition) is 7. The maximum Gasteiger partial charge on any atom is 0.413 e. The van der Waals surface area contributed by atoms with Crippen LogP contribution in [0.3, 0.4) is 0 Å². The van der Waals surface area contributed by atoms with Crippen molar-refractivity contribution < 1.29 is 19.0 Å². The molecule has 0 bridgehead atoms. The maximum absolute atomic E-state index is 11.6. The molecule has 1 amide bonds. The molecule has 1 aliphatic rings. The molecule has 1 saturated heterocycles. The van der Waals surface area contributed by atoms with Gasteiger partial charge in [0.2, 0.25) is 5.88 Å². The Labute approximate surface area is 136 Å². The van der Waals surface area contributed by atoms with Crippen LogP contribution in [0.5, 0.6) is 5.88 Å². The summed E-state index contributed by atoms with van der Waals surface area (Å²) in [4.78, 5) is 13.9. The average molecular weight is 324 g/mol. The lowest BCUT2D eigenvalue weighted by molar-refractivity contribution is 0.0319. The predicted molar refractivity (Wildman–Crippen MR) is 84.6 cm³/mol. The lowest BCUT2D eigenvalue weighted by Crippen LogP contribution is -2.38. The molecule has 0 aliphatic carbocycles. The second-order valence-electron chi connectivity index (χ2n) is 6.19. The van der Waals surface area contributed by atoms with Crippen molar-refractivity contribution in [3.63, 3.8) is 0 Å². The molecule has 0 aromatic carbocycles. The van der Waals surface area contributed by atoms with Gasteiger partial charge in [-0.15, -0.1) is 10.2 Å². The van der Waals surface area contributed by atoms with E-state index in [1.54, 1.807) is 32.9 Å². The first-order valence-corrected chi connectivity index (χ1v) is 7.69. The van der Waals surface area contributed by atoms with E-state index in [4.69, 9.17) is 14.2 Å². The highest BCUT2D eigenvalue weighted by atomic mass is 16.6. The SMILES string of the molecule is CC(C)(C)OC(=O)Nc1ccc(OCCN2CCOCC2)nn1. The number of anilines is 1. The van der Waals surface area contributed by atoms with E-state index in [1.165, 1.54) is 0 Å². The van der Waals surface area contributed by atoms with Gasteiger partial charge in [-0.1, -0.05) is 0 Å². The summed E-state index contributed by atoms with van der Waals surface area (Å²) in [6.45, 7) is 10.1. The number of ether oxygens (including phenoxy) is 3. The molecule has 2 heterocycles. The van der Waals surface area contributed by atoms with E-state index in [2.05, 4.69) is 20.4 Å². The zero-order chi connectivity index (χ0) is 16.7. The largest absolute Gasteiger partial charge is 0.475 e. The Morgan fingerprint density at radius 2 is 2.04 bits per heavy atom. The highest BCUT2D eigenvalue weighted by Crippen LogP contribution is 2.11. The Hall–Kier alpha value is -1.93. The summed E-state index contributed by atoms with van der Waals surface area (Å²) >= 11 is 0. The second kappa shape index (κ2) is 8.07. The topological polar surface area (TPSA) is 85.8 Å². The zero-order valence-electron chi connectivity index (χ0n) is 13.9. The zero-order valence-corrected chi connectivity index (χ0v) is 13.9. The van der Waals surface area contributed by atoms with Gasteiger partial charge in [0.1, 0.15) is 12.2 Å². The number of rotatable bonds is 5. The summed E-state index contributed by atoms with van der Waals surface area (Å²) in [6, 6.07) is 3.29. The molecule has 1 aromatic heterocycles. The molecule has 2 rings (SSSR count). The standard InChI is InChI=1S/C15H24N4O4/c1-15(2,3)23-14(20)16-12-4-5-13(18-17-12)22-11-8-19-6-9-21-10-7-19/h4-5H,6-11H2,1-3H3,(H,16,17,20). The summed E-state index contributed by atoms with van der Waals surface area (Å²) in [7, 11) is 0. The van der Waals surface area contributed by atoms with Crippen molar-refractivity contribution in [3.8, 4) is 5.88 Å². The molecule has 0 spiro atoms. The number of nitrogens with zero attached hydrogens (tertiary/aromatic N) is 3. The van der Waals surface area contributed by atoms with Crippen LogP contribution in [-0.2, 0) is 9.47 Å². The first kappa shape index (κ1) is 17.4. The van der Waals surface area contributed by atoms with Gasteiger partial charge in [0.15, 0.2) is 5.82 Å². The van der Waals surface area contributed by atoms with Gasteiger partial charge in [0, 0.05) is 25.7 Å². The lowest BCUT2D eigenvalue weighted by atomic mass is 10.2. The number of morpholine rings is 1. The summed E-state index contributed by atoms with van der Waals surface area (Å²) in [5, 5.41) is 10.3. The summed E-state index contributed by atoms with van der Waals surface area (Å²) in [5.74, 6) is 0.743. The minimum Gasteiger partial charge on any atom is -0.475 e. The number of aromatic nitrogens is 2. The smallest absolute Gasteiger partial charge is 0.413 e. The number of carbonyl (C=O) groups excluding carboxylic acids is 1. The van der Waals surface area contributed by atoms with Crippen LogP contribution in [0.15, 0.2) is 12.1 Å². The van der Waals surface area contributed by atoms with Crippen molar-refractivity contribution in [2.45, 2.75) is 26.4 Å². The summed E-state index contributed by atoms with van der Waals surface area (Å²) < 4.78 is 16.0. The molecule has 1 aliphatic heterocycles. The van der Waals surface area contributed by atoms with Crippen LogP contribution < -0.4 is 10.1 Å². The van der Waals surface area contributed by atoms with E-state index >= 15 is 0 Å². The fourth-order valence-electron chi connectivity index (χ4n) is 1.98. The first-order valence-electron chi connectivity index (χ1n) is 7.69. The molecule has 1 N–H and O–H groups in total. The van der Waals surface area contributed by atoms with E-state index in [1.807, 2.05) is 0 Å². The van der Waals surface area contributed by atoms with Crippen LogP contribution in [-0.4, -0.2) is 66.2 Å². The molecule has 0 radical (unpaired) electrons. The maximum atomic E-state index is 11.6. The average Bonchev–Trinajstić information content (AvgIpc) is 2.48. The minimum atomic E-state index is -0.562. The van der Waals surface area contributed by atoms with Crippen LogP contribution in [0.1, 0.15) is 20.8 Å². The van der Waals surface area contributed by atoms with Crippen molar-refractivity contribution in [1.82, 2.24) is 15.1 Å². The normalized spacial score (nSPS) is 16.0. The van der Waals surface area contributed by atoms with E-state index in [0.29, 0.717) is 18.3 Å². The number of amides is 1. The molecular weight excluding hydrogens is 300 g/mol. The van der Waals surface area contributed by atoms with Crippen LogP contribution in [0.4, 0.5) is 10.6 Å². The second-order valence-corrected chi connectivity index (χ2v) is 6.19. The first-order chi connectivity index (χ1) is 10.9. The molecule has 0 unspecified atom stereocenters. The third-order valence-electron chi connectivity index (χ3n) is 3.03. The van der Waals surface area contributed by atoms with Gasteiger partial charge in [-0.05, 0) is 26.8 Å².